The Balaban J connectivity index is 2.14. The predicted octanol–water partition coefficient (Wildman–Crippen LogP) is 2.49. The number of sulfonamides is 1. The zero-order valence-electron chi connectivity index (χ0n) is 19.4. The van der Waals surface area contributed by atoms with Gasteiger partial charge in [0.1, 0.15) is 10.6 Å². The highest BCUT2D eigenvalue weighted by atomic mass is 32.2. The van der Waals surface area contributed by atoms with E-state index in [9.17, 15) is 18.0 Å². The Morgan fingerprint density at radius 1 is 1.16 bits per heavy atom. The highest BCUT2D eigenvalue weighted by Crippen LogP contribution is 2.28. The van der Waals surface area contributed by atoms with Crippen molar-refractivity contribution >= 4 is 21.8 Å². The Morgan fingerprint density at radius 3 is 2.23 bits per heavy atom. The average molecular weight is 454 g/mol. The standard InChI is InChI=1S/C22H35N3O5S/c1-7-25(8-2)31(28,29)19-15-16(9-10-18(19)30-6)20(26)23-17-11-13-24(14-12-17)21(27)22(3,4)5/h9-10,15,17H,7-8,11-14H2,1-6H3,(H,23,26). The summed E-state index contributed by atoms with van der Waals surface area (Å²) in [7, 11) is -2.37. The second-order valence-corrected chi connectivity index (χ2v) is 10.7. The van der Waals surface area contributed by atoms with E-state index in [-0.39, 0.29) is 34.1 Å². The van der Waals surface area contributed by atoms with Gasteiger partial charge in [-0.05, 0) is 31.0 Å². The number of hydrogen-bond donors (Lipinski definition) is 1. The van der Waals surface area contributed by atoms with Gasteiger partial charge < -0.3 is 15.0 Å². The molecule has 8 nitrogen and oxygen atoms in total. The minimum Gasteiger partial charge on any atom is -0.495 e. The second-order valence-electron chi connectivity index (χ2n) is 8.74. The molecule has 1 fully saturated rings. The maximum atomic E-state index is 13.0. The quantitative estimate of drug-likeness (QED) is 0.684. The van der Waals surface area contributed by atoms with Crippen LogP contribution in [0.15, 0.2) is 23.1 Å². The zero-order valence-corrected chi connectivity index (χ0v) is 20.2. The van der Waals surface area contributed by atoms with Gasteiger partial charge in [-0.3, -0.25) is 9.59 Å². The molecule has 1 aliphatic heterocycles. The lowest BCUT2D eigenvalue weighted by Gasteiger charge is -2.36. The summed E-state index contributed by atoms with van der Waals surface area (Å²) in [6.45, 7) is 11.1. The summed E-state index contributed by atoms with van der Waals surface area (Å²) in [6.07, 6.45) is 1.32. The largest absolute Gasteiger partial charge is 0.495 e. The third-order valence-corrected chi connectivity index (χ3v) is 7.58. The number of benzene rings is 1. The van der Waals surface area contributed by atoms with Crippen molar-refractivity contribution in [2.75, 3.05) is 33.3 Å². The molecular weight excluding hydrogens is 418 g/mol. The Hall–Kier alpha value is -2.13. The number of piperidine rings is 1. The molecule has 0 unspecified atom stereocenters. The van der Waals surface area contributed by atoms with Gasteiger partial charge in [0.05, 0.1) is 7.11 Å². The molecule has 31 heavy (non-hydrogen) atoms. The van der Waals surface area contributed by atoms with Gasteiger partial charge in [-0.1, -0.05) is 34.6 Å². The topological polar surface area (TPSA) is 96.0 Å². The molecule has 1 aromatic carbocycles. The fourth-order valence-corrected chi connectivity index (χ4v) is 5.33. The van der Waals surface area contributed by atoms with Crippen LogP contribution in [0.25, 0.3) is 0 Å². The minimum absolute atomic E-state index is 0.0167. The van der Waals surface area contributed by atoms with E-state index >= 15 is 0 Å². The van der Waals surface area contributed by atoms with Crippen LogP contribution in [0, 0.1) is 5.41 Å². The summed E-state index contributed by atoms with van der Waals surface area (Å²) < 4.78 is 32.6. The number of carbonyl (C=O) groups excluding carboxylic acids is 2. The monoisotopic (exact) mass is 453 g/mol. The molecule has 0 spiro atoms. The molecule has 0 aliphatic carbocycles. The fourth-order valence-electron chi connectivity index (χ4n) is 3.69. The van der Waals surface area contributed by atoms with E-state index in [1.807, 2.05) is 25.7 Å². The number of likely N-dealkylation sites (tertiary alicyclic amines) is 1. The number of ether oxygens (including phenoxy) is 1. The lowest BCUT2D eigenvalue weighted by atomic mass is 9.93. The molecule has 0 aromatic heterocycles. The number of nitrogens with zero attached hydrogens (tertiary/aromatic N) is 2. The van der Waals surface area contributed by atoms with Crippen molar-refractivity contribution in [1.29, 1.82) is 0 Å². The molecule has 0 saturated carbocycles. The van der Waals surface area contributed by atoms with Gasteiger partial charge in [0, 0.05) is 43.2 Å². The van der Waals surface area contributed by atoms with E-state index in [0.29, 0.717) is 39.0 Å². The first-order chi connectivity index (χ1) is 14.4. The molecule has 0 bridgehead atoms. The summed E-state index contributed by atoms with van der Waals surface area (Å²) in [4.78, 5) is 27.1. The van der Waals surface area contributed by atoms with E-state index < -0.39 is 15.4 Å². The molecule has 2 amide bonds. The van der Waals surface area contributed by atoms with Crippen LogP contribution in [-0.2, 0) is 14.8 Å². The third-order valence-electron chi connectivity index (χ3n) is 5.51. The van der Waals surface area contributed by atoms with Crippen LogP contribution < -0.4 is 10.1 Å². The number of amides is 2. The molecule has 174 valence electrons. The molecular formula is C22H35N3O5S. The van der Waals surface area contributed by atoms with Crippen LogP contribution in [0.2, 0.25) is 0 Å². The molecule has 1 heterocycles. The summed E-state index contributed by atoms with van der Waals surface area (Å²) in [6, 6.07) is 4.38. The van der Waals surface area contributed by atoms with Gasteiger partial charge >= 0.3 is 0 Å². The first kappa shape index (κ1) is 25.1. The Morgan fingerprint density at radius 2 is 1.74 bits per heavy atom. The fraction of sp³-hybridized carbons (Fsp3) is 0.636. The van der Waals surface area contributed by atoms with E-state index in [1.165, 1.54) is 23.5 Å². The summed E-state index contributed by atoms with van der Waals surface area (Å²) in [5.41, 5.74) is -0.161. The van der Waals surface area contributed by atoms with Crippen molar-refractivity contribution in [2.45, 2.75) is 58.4 Å². The Bertz CT molecular complexity index is 896. The third kappa shape index (κ3) is 5.77. The lowest BCUT2D eigenvalue weighted by Crippen LogP contribution is -2.49. The van der Waals surface area contributed by atoms with Gasteiger partial charge in [-0.15, -0.1) is 0 Å². The second kappa shape index (κ2) is 9.99. The number of rotatable bonds is 7. The lowest BCUT2D eigenvalue weighted by molar-refractivity contribution is -0.140. The Labute approximate surface area is 186 Å². The summed E-state index contributed by atoms with van der Waals surface area (Å²) >= 11 is 0. The summed E-state index contributed by atoms with van der Waals surface area (Å²) in [5.74, 6) is -0.0182. The summed E-state index contributed by atoms with van der Waals surface area (Å²) in [5, 5.41) is 2.98. The number of methoxy groups -OCH3 is 1. The SMILES string of the molecule is CCN(CC)S(=O)(=O)c1cc(C(=O)NC2CCN(C(=O)C(C)(C)C)CC2)ccc1OC. The molecule has 2 rings (SSSR count). The molecule has 1 saturated heterocycles. The van der Waals surface area contributed by atoms with Crippen molar-refractivity contribution < 1.29 is 22.7 Å². The van der Waals surface area contributed by atoms with Crippen LogP contribution in [0.1, 0.15) is 57.8 Å². The maximum Gasteiger partial charge on any atom is 0.251 e. The van der Waals surface area contributed by atoms with Crippen LogP contribution in [0.5, 0.6) is 5.75 Å². The minimum atomic E-state index is -3.78. The van der Waals surface area contributed by atoms with Crippen LogP contribution >= 0.6 is 0 Å². The van der Waals surface area contributed by atoms with Crippen molar-refractivity contribution in [1.82, 2.24) is 14.5 Å². The molecule has 1 aromatic rings. The first-order valence-corrected chi connectivity index (χ1v) is 12.2. The zero-order chi connectivity index (χ0) is 23.4. The van der Waals surface area contributed by atoms with Crippen molar-refractivity contribution in [3.63, 3.8) is 0 Å². The highest BCUT2D eigenvalue weighted by molar-refractivity contribution is 7.89. The van der Waals surface area contributed by atoms with E-state index in [1.54, 1.807) is 19.9 Å². The average Bonchev–Trinajstić information content (AvgIpc) is 2.73. The van der Waals surface area contributed by atoms with E-state index in [4.69, 9.17) is 4.74 Å². The van der Waals surface area contributed by atoms with Crippen molar-refractivity contribution in [3.05, 3.63) is 23.8 Å². The van der Waals surface area contributed by atoms with Crippen LogP contribution in [0.4, 0.5) is 0 Å². The number of nitrogens with one attached hydrogen (secondary N) is 1. The normalized spacial score (nSPS) is 15.8. The first-order valence-electron chi connectivity index (χ1n) is 10.7. The van der Waals surface area contributed by atoms with Crippen LogP contribution in [0.3, 0.4) is 0 Å². The molecule has 1 N–H and O–H groups in total. The van der Waals surface area contributed by atoms with E-state index in [2.05, 4.69) is 5.32 Å². The van der Waals surface area contributed by atoms with Gasteiger partial charge in [-0.25, -0.2) is 8.42 Å². The van der Waals surface area contributed by atoms with Crippen molar-refractivity contribution in [3.8, 4) is 5.75 Å². The van der Waals surface area contributed by atoms with Crippen LogP contribution in [-0.4, -0.2) is 68.8 Å². The molecule has 0 atom stereocenters. The predicted molar refractivity (Wildman–Crippen MR) is 120 cm³/mol. The van der Waals surface area contributed by atoms with Crippen molar-refractivity contribution in [2.24, 2.45) is 5.41 Å². The van der Waals surface area contributed by atoms with E-state index in [0.717, 1.165) is 0 Å². The number of hydrogen-bond acceptors (Lipinski definition) is 5. The van der Waals surface area contributed by atoms with Gasteiger partial charge in [0.2, 0.25) is 15.9 Å². The number of carbonyl (C=O) groups is 2. The van der Waals surface area contributed by atoms with Gasteiger partial charge in [-0.2, -0.15) is 4.31 Å². The molecule has 1 aliphatic rings. The molecule has 0 radical (unpaired) electrons. The highest BCUT2D eigenvalue weighted by Gasteiger charge is 2.31. The maximum absolute atomic E-state index is 13.0. The molecule has 9 heteroatoms. The van der Waals surface area contributed by atoms with Gasteiger partial charge in [0.25, 0.3) is 5.91 Å². The smallest absolute Gasteiger partial charge is 0.251 e. The van der Waals surface area contributed by atoms with Gasteiger partial charge in [0.15, 0.2) is 0 Å². The Kier molecular flexibility index (Phi) is 8.10.